The smallest absolute Gasteiger partial charge is 0.253 e. The topological polar surface area (TPSA) is 79.8 Å². The first-order valence-corrected chi connectivity index (χ1v) is 8.99. The fourth-order valence-electron chi connectivity index (χ4n) is 2.87. The van der Waals surface area contributed by atoms with Gasteiger partial charge in [0.15, 0.2) is 5.82 Å². The van der Waals surface area contributed by atoms with Crippen LogP contribution in [0.3, 0.4) is 0 Å². The average molecular weight is 390 g/mol. The van der Waals surface area contributed by atoms with Crippen LogP contribution in [0.5, 0.6) is 0 Å². The molecule has 0 unspecified atom stereocenters. The van der Waals surface area contributed by atoms with Gasteiger partial charge in [-0.3, -0.25) is 9.78 Å². The molecule has 0 fully saturated rings. The van der Waals surface area contributed by atoms with Gasteiger partial charge in [0.2, 0.25) is 0 Å². The molecule has 4 rings (SSSR count). The minimum absolute atomic E-state index is 0.183. The first kappa shape index (κ1) is 17.9. The number of halogens is 1. The molecule has 0 saturated heterocycles. The molecule has 0 aliphatic heterocycles. The summed E-state index contributed by atoms with van der Waals surface area (Å²) in [4.78, 5) is 25.7. The van der Waals surface area contributed by atoms with E-state index < -0.39 is 0 Å². The van der Waals surface area contributed by atoms with Crippen LogP contribution in [-0.4, -0.2) is 27.9 Å². The van der Waals surface area contributed by atoms with Gasteiger partial charge >= 0.3 is 0 Å². The number of anilines is 2. The van der Waals surface area contributed by atoms with E-state index in [9.17, 15) is 4.79 Å². The summed E-state index contributed by atoms with van der Waals surface area (Å²) in [5, 5.41) is 7.32. The van der Waals surface area contributed by atoms with Crippen molar-refractivity contribution in [2.75, 3.05) is 12.4 Å². The lowest BCUT2D eigenvalue weighted by Crippen LogP contribution is -2.19. The second-order valence-electron chi connectivity index (χ2n) is 6.05. The maximum atomic E-state index is 12.2. The molecular formula is C21H16ClN5O. The number of hydrogen-bond acceptors (Lipinski definition) is 5. The van der Waals surface area contributed by atoms with Gasteiger partial charge in [0.05, 0.1) is 16.8 Å². The fourth-order valence-corrected chi connectivity index (χ4v) is 3.04. The first-order chi connectivity index (χ1) is 13.7. The molecule has 2 aromatic heterocycles. The van der Waals surface area contributed by atoms with Crippen LogP contribution in [0, 0.1) is 0 Å². The number of amides is 1. The van der Waals surface area contributed by atoms with Crippen LogP contribution in [0.1, 0.15) is 10.4 Å². The Bertz CT molecular complexity index is 1160. The molecule has 4 aromatic rings. The summed E-state index contributed by atoms with van der Waals surface area (Å²) in [6, 6.07) is 16.4. The first-order valence-electron chi connectivity index (χ1n) is 8.61. The highest BCUT2D eigenvalue weighted by Crippen LogP contribution is 2.30. The molecule has 28 heavy (non-hydrogen) atoms. The lowest BCUT2D eigenvalue weighted by molar-refractivity contribution is 0.0964. The number of rotatable bonds is 4. The molecular weight excluding hydrogens is 374 g/mol. The second kappa shape index (κ2) is 7.62. The molecule has 138 valence electrons. The van der Waals surface area contributed by atoms with Crippen LogP contribution in [0.4, 0.5) is 11.5 Å². The molecule has 7 heteroatoms. The molecule has 2 aromatic carbocycles. The van der Waals surface area contributed by atoms with Crippen LogP contribution in [0.15, 0.2) is 67.0 Å². The quantitative estimate of drug-likeness (QED) is 0.539. The van der Waals surface area contributed by atoms with Crippen molar-refractivity contribution in [2.45, 2.75) is 0 Å². The van der Waals surface area contributed by atoms with Gasteiger partial charge in [-0.15, -0.1) is 0 Å². The molecule has 0 spiro atoms. The van der Waals surface area contributed by atoms with Gasteiger partial charge in [-0.2, -0.15) is 0 Å². The van der Waals surface area contributed by atoms with Crippen molar-refractivity contribution in [3.8, 4) is 11.4 Å². The number of carbonyl (C=O) groups excluding carboxylic acids is 1. The van der Waals surface area contributed by atoms with Gasteiger partial charge < -0.3 is 10.6 Å². The van der Waals surface area contributed by atoms with E-state index in [0.29, 0.717) is 33.4 Å². The van der Waals surface area contributed by atoms with Gasteiger partial charge in [0.25, 0.3) is 5.91 Å². The van der Waals surface area contributed by atoms with E-state index in [1.165, 1.54) is 0 Å². The SMILES string of the molecule is CNC(=O)c1ccccc1Nc1nc(-c2cccnc2)nc2cc(Cl)ccc12. The second-order valence-corrected chi connectivity index (χ2v) is 6.49. The molecule has 6 nitrogen and oxygen atoms in total. The molecule has 0 radical (unpaired) electrons. The van der Waals surface area contributed by atoms with Gasteiger partial charge in [-0.05, 0) is 42.5 Å². The molecule has 0 bridgehead atoms. The predicted octanol–water partition coefficient (Wildman–Crippen LogP) is 4.45. The minimum atomic E-state index is -0.183. The molecule has 0 aliphatic carbocycles. The van der Waals surface area contributed by atoms with E-state index in [2.05, 4.69) is 25.6 Å². The summed E-state index contributed by atoms with van der Waals surface area (Å²) in [7, 11) is 1.60. The normalized spacial score (nSPS) is 10.6. The minimum Gasteiger partial charge on any atom is -0.355 e. The number of carbonyl (C=O) groups is 1. The zero-order chi connectivity index (χ0) is 19.5. The van der Waals surface area contributed by atoms with E-state index in [1.54, 1.807) is 37.6 Å². The Morgan fingerprint density at radius 1 is 1.04 bits per heavy atom. The average Bonchev–Trinajstić information content (AvgIpc) is 2.73. The Morgan fingerprint density at radius 2 is 1.89 bits per heavy atom. The Morgan fingerprint density at radius 3 is 2.68 bits per heavy atom. The molecule has 2 N–H and O–H groups in total. The largest absolute Gasteiger partial charge is 0.355 e. The van der Waals surface area contributed by atoms with Gasteiger partial charge in [-0.25, -0.2) is 9.97 Å². The Balaban J connectivity index is 1.88. The zero-order valence-corrected chi connectivity index (χ0v) is 15.7. The lowest BCUT2D eigenvalue weighted by Gasteiger charge is -2.14. The van der Waals surface area contributed by atoms with Crippen molar-refractivity contribution in [3.63, 3.8) is 0 Å². The summed E-state index contributed by atoms with van der Waals surface area (Å²) in [6.45, 7) is 0. The van der Waals surface area contributed by atoms with E-state index >= 15 is 0 Å². The maximum Gasteiger partial charge on any atom is 0.253 e. The third-order valence-corrected chi connectivity index (χ3v) is 4.47. The third kappa shape index (κ3) is 3.50. The highest BCUT2D eigenvalue weighted by molar-refractivity contribution is 6.31. The van der Waals surface area contributed by atoms with E-state index in [1.807, 2.05) is 36.4 Å². The number of nitrogens with one attached hydrogen (secondary N) is 2. The van der Waals surface area contributed by atoms with E-state index in [4.69, 9.17) is 11.6 Å². The summed E-state index contributed by atoms with van der Waals surface area (Å²) in [5.41, 5.74) is 2.65. The Kier molecular flexibility index (Phi) is 4.87. The van der Waals surface area contributed by atoms with Gasteiger partial charge in [0, 0.05) is 35.4 Å². The van der Waals surface area contributed by atoms with Crippen LogP contribution in [0.2, 0.25) is 5.02 Å². The highest BCUT2D eigenvalue weighted by Gasteiger charge is 2.14. The maximum absolute atomic E-state index is 12.2. The highest BCUT2D eigenvalue weighted by atomic mass is 35.5. The van der Waals surface area contributed by atoms with Crippen molar-refractivity contribution in [2.24, 2.45) is 0 Å². The van der Waals surface area contributed by atoms with Gasteiger partial charge in [-0.1, -0.05) is 23.7 Å². The van der Waals surface area contributed by atoms with Crippen LogP contribution >= 0.6 is 11.6 Å². The monoisotopic (exact) mass is 389 g/mol. The molecule has 1 amide bonds. The van der Waals surface area contributed by atoms with Gasteiger partial charge in [0.1, 0.15) is 5.82 Å². The van der Waals surface area contributed by atoms with Crippen LogP contribution < -0.4 is 10.6 Å². The molecule has 2 heterocycles. The summed E-state index contributed by atoms with van der Waals surface area (Å²) in [5.74, 6) is 0.914. The van der Waals surface area contributed by atoms with Crippen molar-refractivity contribution in [1.82, 2.24) is 20.3 Å². The number of fused-ring (bicyclic) bond motifs is 1. The number of aromatic nitrogens is 3. The van der Waals surface area contributed by atoms with Crippen molar-refractivity contribution in [3.05, 3.63) is 77.6 Å². The van der Waals surface area contributed by atoms with Crippen molar-refractivity contribution in [1.29, 1.82) is 0 Å². The third-order valence-electron chi connectivity index (χ3n) is 4.23. The standard InChI is InChI=1S/C21H16ClN5O/c1-23-21(28)16-6-2-3-7-17(16)25-20-15-9-8-14(22)11-18(15)26-19(27-20)13-5-4-10-24-12-13/h2-12H,1H3,(H,23,28)(H,25,26,27). The summed E-state index contributed by atoms with van der Waals surface area (Å²) < 4.78 is 0. The van der Waals surface area contributed by atoms with Crippen LogP contribution in [-0.2, 0) is 0 Å². The summed E-state index contributed by atoms with van der Waals surface area (Å²) in [6.07, 6.45) is 3.40. The Hall–Kier alpha value is -3.51. The predicted molar refractivity (Wildman–Crippen MR) is 111 cm³/mol. The summed E-state index contributed by atoms with van der Waals surface area (Å²) >= 11 is 6.17. The van der Waals surface area contributed by atoms with E-state index in [0.717, 1.165) is 10.9 Å². The number of benzene rings is 2. The van der Waals surface area contributed by atoms with Crippen molar-refractivity contribution < 1.29 is 4.79 Å². The van der Waals surface area contributed by atoms with E-state index in [-0.39, 0.29) is 5.91 Å². The molecule has 0 atom stereocenters. The zero-order valence-electron chi connectivity index (χ0n) is 15.0. The number of nitrogens with zero attached hydrogens (tertiary/aromatic N) is 3. The number of hydrogen-bond donors (Lipinski definition) is 2. The fraction of sp³-hybridized carbons (Fsp3) is 0.0476. The van der Waals surface area contributed by atoms with Crippen LogP contribution in [0.25, 0.3) is 22.3 Å². The van der Waals surface area contributed by atoms with Crippen molar-refractivity contribution >= 4 is 39.9 Å². The lowest BCUT2D eigenvalue weighted by atomic mass is 10.1. The number of pyridine rings is 1. The Labute approximate surface area is 166 Å². The molecule has 0 aliphatic rings. The number of para-hydroxylation sites is 1. The molecule has 0 saturated carbocycles.